The summed E-state index contributed by atoms with van der Waals surface area (Å²) in [6.45, 7) is -0.194. The molecule has 19 heavy (non-hydrogen) atoms. The normalized spacial score (nSPS) is 12.3. The monoisotopic (exact) mass is 260 g/mol. The first-order chi connectivity index (χ1) is 9.08. The summed E-state index contributed by atoms with van der Waals surface area (Å²) >= 11 is 0. The lowest BCUT2D eigenvalue weighted by Crippen LogP contribution is -2.44. The Morgan fingerprint density at radius 1 is 1.32 bits per heavy atom. The highest BCUT2D eigenvalue weighted by molar-refractivity contribution is 5.88. The van der Waals surface area contributed by atoms with Gasteiger partial charge < -0.3 is 21.8 Å². The van der Waals surface area contributed by atoms with Crippen LogP contribution in [0.25, 0.3) is 10.9 Å². The minimum atomic E-state index is -0.710. The van der Waals surface area contributed by atoms with Gasteiger partial charge in [-0.25, -0.2) is 0 Å². The zero-order valence-corrected chi connectivity index (χ0v) is 10.3. The third kappa shape index (κ3) is 3.11. The van der Waals surface area contributed by atoms with Crippen LogP contribution in [-0.2, 0) is 16.0 Å². The molecule has 0 saturated heterocycles. The smallest absolute Gasteiger partial charge is 0.237 e. The number of benzene rings is 1. The van der Waals surface area contributed by atoms with E-state index in [1.165, 1.54) is 0 Å². The number of aromatic amines is 1. The van der Waals surface area contributed by atoms with Crippen molar-refractivity contribution in [3.05, 3.63) is 36.0 Å². The predicted molar refractivity (Wildman–Crippen MR) is 72.2 cm³/mol. The first kappa shape index (κ1) is 13.1. The lowest BCUT2D eigenvalue weighted by Gasteiger charge is -2.10. The van der Waals surface area contributed by atoms with Gasteiger partial charge >= 0.3 is 0 Å². The summed E-state index contributed by atoms with van der Waals surface area (Å²) in [4.78, 5) is 25.4. The molecule has 1 unspecified atom stereocenters. The maximum absolute atomic E-state index is 11.7. The summed E-state index contributed by atoms with van der Waals surface area (Å²) in [7, 11) is 0. The zero-order valence-electron chi connectivity index (χ0n) is 10.3. The van der Waals surface area contributed by atoms with E-state index in [0.717, 1.165) is 16.5 Å². The van der Waals surface area contributed by atoms with Gasteiger partial charge in [-0.1, -0.05) is 18.2 Å². The van der Waals surface area contributed by atoms with Gasteiger partial charge in [0.2, 0.25) is 11.8 Å². The number of carbonyl (C=O) groups is 2. The summed E-state index contributed by atoms with van der Waals surface area (Å²) in [5.74, 6) is -0.975. The van der Waals surface area contributed by atoms with E-state index in [4.69, 9.17) is 11.5 Å². The Morgan fingerprint density at radius 2 is 2.05 bits per heavy atom. The van der Waals surface area contributed by atoms with Gasteiger partial charge in [0, 0.05) is 17.1 Å². The SMILES string of the molecule is NC(=O)CNC(=O)C(N)Cc1c[nH]c2ccccc12. The van der Waals surface area contributed by atoms with Crippen LogP contribution in [0.15, 0.2) is 30.5 Å². The van der Waals surface area contributed by atoms with Crippen molar-refractivity contribution in [3.8, 4) is 0 Å². The molecule has 2 rings (SSSR count). The second-order valence-electron chi connectivity index (χ2n) is 4.35. The second kappa shape index (κ2) is 5.53. The van der Waals surface area contributed by atoms with Crippen molar-refractivity contribution in [2.75, 3.05) is 6.54 Å². The van der Waals surface area contributed by atoms with Crippen LogP contribution in [0.2, 0.25) is 0 Å². The van der Waals surface area contributed by atoms with Gasteiger partial charge in [0.25, 0.3) is 0 Å². The minimum Gasteiger partial charge on any atom is -0.368 e. The molecular weight excluding hydrogens is 244 g/mol. The van der Waals surface area contributed by atoms with Gasteiger partial charge in [-0.05, 0) is 18.1 Å². The van der Waals surface area contributed by atoms with Crippen molar-refractivity contribution in [2.24, 2.45) is 11.5 Å². The summed E-state index contributed by atoms with van der Waals surface area (Å²) in [6, 6.07) is 7.08. The van der Waals surface area contributed by atoms with Crippen LogP contribution in [0, 0.1) is 0 Å². The number of H-pyrrole nitrogens is 1. The number of rotatable bonds is 5. The number of hydrogen-bond donors (Lipinski definition) is 4. The van der Waals surface area contributed by atoms with Crippen molar-refractivity contribution in [1.29, 1.82) is 0 Å². The number of para-hydroxylation sites is 1. The largest absolute Gasteiger partial charge is 0.368 e. The molecule has 1 atom stereocenters. The highest BCUT2D eigenvalue weighted by Crippen LogP contribution is 2.18. The first-order valence-electron chi connectivity index (χ1n) is 5.94. The van der Waals surface area contributed by atoms with Crippen LogP contribution in [0.1, 0.15) is 5.56 Å². The second-order valence-corrected chi connectivity index (χ2v) is 4.35. The molecule has 2 aromatic rings. The van der Waals surface area contributed by atoms with E-state index < -0.39 is 11.9 Å². The van der Waals surface area contributed by atoms with Crippen LogP contribution in [0.4, 0.5) is 0 Å². The van der Waals surface area contributed by atoms with Crippen LogP contribution < -0.4 is 16.8 Å². The van der Waals surface area contributed by atoms with Gasteiger partial charge in [0.15, 0.2) is 0 Å². The Labute approximate surface area is 110 Å². The molecule has 1 aromatic heterocycles. The maximum atomic E-state index is 11.7. The van der Waals surface area contributed by atoms with Crippen LogP contribution in [0.3, 0.4) is 0 Å². The summed E-state index contributed by atoms with van der Waals surface area (Å²) in [5.41, 5.74) is 12.7. The highest BCUT2D eigenvalue weighted by Gasteiger charge is 2.16. The average Bonchev–Trinajstić information content (AvgIpc) is 2.79. The Morgan fingerprint density at radius 3 is 2.79 bits per heavy atom. The van der Waals surface area contributed by atoms with Crippen molar-refractivity contribution in [1.82, 2.24) is 10.3 Å². The number of aromatic nitrogens is 1. The number of nitrogens with two attached hydrogens (primary N) is 2. The molecule has 1 heterocycles. The van der Waals surface area contributed by atoms with E-state index in [-0.39, 0.29) is 12.5 Å². The Bertz CT molecular complexity index is 605. The van der Waals surface area contributed by atoms with Gasteiger partial charge in [0.1, 0.15) is 0 Å². The zero-order chi connectivity index (χ0) is 13.8. The summed E-state index contributed by atoms with van der Waals surface area (Å²) < 4.78 is 0. The molecule has 1 aromatic carbocycles. The van der Waals surface area contributed by atoms with Crippen LogP contribution in [-0.4, -0.2) is 29.4 Å². The van der Waals surface area contributed by atoms with Crippen molar-refractivity contribution in [2.45, 2.75) is 12.5 Å². The number of hydrogen-bond acceptors (Lipinski definition) is 3. The number of carbonyl (C=O) groups excluding carboxylic acids is 2. The van der Waals surface area contributed by atoms with Crippen molar-refractivity contribution >= 4 is 22.7 Å². The number of amides is 2. The fourth-order valence-electron chi connectivity index (χ4n) is 1.94. The van der Waals surface area contributed by atoms with Crippen LogP contribution in [0.5, 0.6) is 0 Å². The minimum absolute atomic E-state index is 0.194. The van der Waals surface area contributed by atoms with E-state index >= 15 is 0 Å². The van der Waals surface area contributed by atoms with Crippen molar-refractivity contribution in [3.63, 3.8) is 0 Å². The molecule has 0 radical (unpaired) electrons. The van der Waals surface area contributed by atoms with E-state index in [1.54, 1.807) is 0 Å². The average molecular weight is 260 g/mol. The van der Waals surface area contributed by atoms with E-state index in [0.29, 0.717) is 6.42 Å². The van der Waals surface area contributed by atoms with E-state index in [2.05, 4.69) is 10.3 Å². The molecule has 6 heteroatoms. The van der Waals surface area contributed by atoms with Gasteiger partial charge in [-0.3, -0.25) is 9.59 Å². The van der Waals surface area contributed by atoms with Crippen LogP contribution >= 0.6 is 0 Å². The quantitative estimate of drug-likeness (QED) is 0.588. The predicted octanol–water partition coefficient (Wildman–Crippen LogP) is -0.361. The van der Waals surface area contributed by atoms with Gasteiger partial charge in [0.05, 0.1) is 12.6 Å². The van der Waals surface area contributed by atoms with E-state index in [1.807, 2.05) is 30.5 Å². The summed E-state index contributed by atoms with van der Waals surface area (Å²) in [6.07, 6.45) is 2.24. The van der Waals surface area contributed by atoms with E-state index in [9.17, 15) is 9.59 Å². The molecule has 100 valence electrons. The summed E-state index contributed by atoms with van der Waals surface area (Å²) in [5, 5.41) is 3.44. The first-order valence-corrected chi connectivity index (χ1v) is 5.94. The standard InChI is InChI=1S/C13H16N4O2/c14-10(13(19)17-7-12(15)18)5-8-6-16-11-4-2-1-3-9(8)11/h1-4,6,10,16H,5,7,14H2,(H2,15,18)(H,17,19). The molecule has 0 aliphatic rings. The third-order valence-corrected chi connectivity index (χ3v) is 2.89. The molecule has 0 fully saturated rings. The molecule has 0 saturated carbocycles. The third-order valence-electron chi connectivity index (χ3n) is 2.89. The lowest BCUT2D eigenvalue weighted by molar-refractivity contribution is -0.125. The number of nitrogens with one attached hydrogen (secondary N) is 2. The Hall–Kier alpha value is -2.34. The number of fused-ring (bicyclic) bond motifs is 1. The molecular formula is C13H16N4O2. The Balaban J connectivity index is 2.04. The molecule has 0 aliphatic heterocycles. The van der Waals surface area contributed by atoms with Gasteiger partial charge in [-0.15, -0.1) is 0 Å². The fraction of sp³-hybridized carbons (Fsp3) is 0.231. The maximum Gasteiger partial charge on any atom is 0.237 e. The highest BCUT2D eigenvalue weighted by atomic mass is 16.2. The lowest BCUT2D eigenvalue weighted by atomic mass is 10.1. The molecule has 0 bridgehead atoms. The molecule has 0 aliphatic carbocycles. The van der Waals surface area contributed by atoms with Crippen molar-refractivity contribution < 1.29 is 9.59 Å². The molecule has 6 N–H and O–H groups in total. The molecule has 6 nitrogen and oxygen atoms in total. The molecule has 2 amide bonds. The molecule has 0 spiro atoms. The number of primary amides is 1. The Kier molecular flexibility index (Phi) is 3.82. The van der Waals surface area contributed by atoms with Gasteiger partial charge in [-0.2, -0.15) is 0 Å². The fourth-order valence-corrected chi connectivity index (χ4v) is 1.94. The topological polar surface area (TPSA) is 114 Å².